The van der Waals surface area contributed by atoms with Crippen molar-refractivity contribution in [1.29, 1.82) is 0 Å². The topological polar surface area (TPSA) is 52.4 Å². The van der Waals surface area contributed by atoms with Crippen LogP contribution in [0.5, 0.6) is 0 Å². The van der Waals surface area contributed by atoms with Crippen molar-refractivity contribution in [3.05, 3.63) is 77.6 Å². The van der Waals surface area contributed by atoms with Gasteiger partial charge in [0.05, 0.1) is 29.0 Å². The van der Waals surface area contributed by atoms with Gasteiger partial charge in [0.2, 0.25) is 5.65 Å². The number of imidazole rings is 1. The molecule has 0 amide bonds. The van der Waals surface area contributed by atoms with Crippen molar-refractivity contribution in [3.63, 3.8) is 0 Å². The number of aryl methyl sites for hydroxylation is 1. The Labute approximate surface area is 165 Å². The summed E-state index contributed by atoms with van der Waals surface area (Å²) in [6, 6.07) is 11.3. The van der Waals surface area contributed by atoms with Crippen LogP contribution in [0, 0.1) is 6.57 Å². The summed E-state index contributed by atoms with van der Waals surface area (Å²) in [4.78, 5) is 13.1. The minimum Gasteiger partial charge on any atom is -0.362 e. The summed E-state index contributed by atoms with van der Waals surface area (Å²) < 4.78 is 3.55. The lowest BCUT2D eigenvalue weighted by atomic mass is 10.1. The molecule has 4 heterocycles. The Morgan fingerprint density at radius 2 is 1.96 bits per heavy atom. The van der Waals surface area contributed by atoms with Crippen LogP contribution in [0.15, 0.2) is 61.2 Å². The second kappa shape index (κ2) is 6.19. The first-order valence-electron chi connectivity index (χ1n) is 8.58. The van der Waals surface area contributed by atoms with Crippen molar-refractivity contribution in [2.75, 3.05) is 0 Å². The van der Waals surface area contributed by atoms with Crippen LogP contribution in [0.3, 0.4) is 0 Å². The average Bonchev–Trinajstić information content (AvgIpc) is 3.31. The predicted molar refractivity (Wildman–Crippen MR) is 109 cm³/mol. The number of pyridine rings is 2. The molecule has 0 unspecified atom stereocenters. The lowest BCUT2D eigenvalue weighted by Crippen LogP contribution is -1.89. The zero-order valence-electron chi connectivity index (χ0n) is 14.8. The van der Waals surface area contributed by atoms with E-state index in [9.17, 15) is 0 Å². The van der Waals surface area contributed by atoms with E-state index in [2.05, 4.69) is 14.9 Å². The minimum absolute atomic E-state index is 0.428. The van der Waals surface area contributed by atoms with Crippen molar-refractivity contribution in [2.24, 2.45) is 7.05 Å². The molecule has 0 N–H and O–H groups in total. The van der Waals surface area contributed by atoms with E-state index < -0.39 is 0 Å². The first-order chi connectivity index (χ1) is 13.7. The number of nitrogens with zero attached hydrogens (tertiary/aromatic N) is 6. The first kappa shape index (κ1) is 16.5. The fourth-order valence-corrected chi connectivity index (χ4v) is 3.58. The van der Waals surface area contributed by atoms with Gasteiger partial charge in [-0.05, 0) is 12.1 Å². The summed E-state index contributed by atoms with van der Waals surface area (Å²) in [5.41, 5.74) is 4.72. The largest absolute Gasteiger partial charge is 0.362 e. The van der Waals surface area contributed by atoms with E-state index in [1.165, 1.54) is 0 Å². The van der Waals surface area contributed by atoms with Crippen LogP contribution in [-0.4, -0.2) is 24.1 Å². The Balaban J connectivity index is 1.82. The second-order valence-electron chi connectivity index (χ2n) is 6.44. The maximum Gasteiger partial charge on any atom is 0.262 e. The van der Waals surface area contributed by atoms with Crippen LogP contribution >= 0.6 is 11.6 Å². The Hall–Kier alpha value is -3.69. The van der Waals surface area contributed by atoms with Gasteiger partial charge in [0.15, 0.2) is 0 Å². The van der Waals surface area contributed by atoms with Crippen LogP contribution in [0.1, 0.15) is 0 Å². The zero-order chi connectivity index (χ0) is 19.3. The monoisotopic (exact) mass is 384 g/mol. The molecule has 0 saturated carbocycles. The number of hydrogen-bond acceptors (Lipinski definition) is 3. The third kappa shape index (κ3) is 2.45. The predicted octanol–water partition coefficient (Wildman–Crippen LogP) is 5.15. The molecule has 134 valence electrons. The highest BCUT2D eigenvalue weighted by Gasteiger charge is 2.19. The molecule has 0 fully saturated rings. The van der Waals surface area contributed by atoms with Gasteiger partial charge in [-0.2, -0.15) is 5.10 Å². The van der Waals surface area contributed by atoms with Crippen molar-refractivity contribution in [2.45, 2.75) is 0 Å². The van der Waals surface area contributed by atoms with Gasteiger partial charge < -0.3 is 4.85 Å². The van der Waals surface area contributed by atoms with Gasteiger partial charge in [0.1, 0.15) is 0 Å². The molecule has 6 nitrogen and oxygen atoms in total. The van der Waals surface area contributed by atoms with Crippen molar-refractivity contribution in [1.82, 2.24) is 24.1 Å². The van der Waals surface area contributed by atoms with E-state index in [-0.39, 0.29) is 0 Å². The van der Waals surface area contributed by atoms with Crippen LogP contribution in [0.25, 0.3) is 43.8 Å². The Morgan fingerprint density at radius 1 is 1.11 bits per heavy atom. The molecule has 0 atom stereocenters. The number of benzene rings is 1. The lowest BCUT2D eigenvalue weighted by Gasteiger charge is -2.02. The highest BCUT2D eigenvalue weighted by molar-refractivity contribution is 6.33. The third-order valence-electron chi connectivity index (χ3n) is 4.70. The molecule has 4 aromatic heterocycles. The molecule has 7 heteroatoms. The third-order valence-corrected chi connectivity index (χ3v) is 5.03. The average molecular weight is 385 g/mol. The van der Waals surface area contributed by atoms with E-state index in [4.69, 9.17) is 23.2 Å². The Kier molecular flexibility index (Phi) is 3.64. The van der Waals surface area contributed by atoms with Gasteiger partial charge in [-0.15, -0.1) is 0 Å². The smallest absolute Gasteiger partial charge is 0.262 e. The van der Waals surface area contributed by atoms with Crippen LogP contribution < -0.4 is 0 Å². The standard InChI is InChI=1S/C21H13ClN6/c1-23-21-19(15-5-3-4-6-17(15)22)26-20-16-9-13(14-11-25-27(2)12-14)10-24-18(16)7-8-28(20)21/h3-12H,2H3. The van der Waals surface area contributed by atoms with Gasteiger partial charge in [-0.3, -0.25) is 9.67 Å². The molecule has 0 bridgehead atoms. The minimum atomic E-state index is 0.428. The van der Waals surface area contributed by atoms with Crippen LogP contribution in [0.4, 0.5) is 5.82 Å². The molecule has 0 aliphatic heterocycles. The summed E-state index contributed by atoms with van der Waals surface area (Å²) >= 11 is 6.37. The van der Waals surface area contributed by atoms with Crippen molar-refractivity contribution < 1.29 is 0 Å². The summed E-state index contributed by atoms with van der Waals surface area (Å²) in [6.07, 6.45) is 7.39. The van der Waals surface area contributed by atoms with Crippen molar-refractivity contribution >= 4 is 34.0 Å². The molecular formula is C21H13ClN6. The highest BCUT2D eigenvalue weighted by atomic mass is 35.5. The number of halogens is 1. The quantitative estimate of drug-likeness (QED) is 0.395. The fourth-order valence-electron chi connectivity index (χ4n) is 3.36. The molecule has 0 saturated heterocycles. The maximum absolute atomic E-state index is 7.69. The second-order valence-corrected chi connectivity index (χ2v) is 6.85. The number of rotatable bonds is 2. The van der Waals surface area contributed by atoms with E-state index in [0.29, 0.717) is 22.2 Å². The van der Waals surface area contributed by atoms with Gasteiger partial charge in [-0.25, -0.2) is 9.38 Å². The SMILES string of the molecule is [C-]#[N+]c1c(-c2ccccc2Cl)nc2c3cc(-c4cnn(C)c4)cnc3ccn12. The van der Waals surface area contributed by atoms with Gasteiger partial charge >= 0.3 is 0 Å². The summed E-state index contributed by atoms with van der Waals surface area (Å²) in [6.45, 7) is 7.69. The molecule has 1 aromatic carbocycles. The first-order valence-corrected chi connectivity index (χ1v) is 8.95. The lowest BCUT2D eigenvalue weighted by molar-refractivity contribution is 0.768. The van der Waals surface area contributed by atoms with Gasteiger partial charge in [-0.1, -0.05) is 36.4 Å². The van der Waals surface area contributed by atoms with E-state index in [1.54, 1.807) is 21.3 Å². The van der Waals surface area contributed by atoms with E-state index in [1.807, 2.05) is 56.0 Å². The molecule has 0 aliphatic rings. The molecule has 5 rings (SSSR count). The van der Waals surface area contributed by atoms with Gasteiger partial charge in [0.25, 0.3) is 5.82 Å². The Bertz CT molecular complexity index is 1410. The fraction of sp³-hybridized carbons (Fsp3) is 0.0476. The summed E-state index contributed by atoms with van der Waals surface area (Å²) in [5.74, 6) is 0.428. The van der Waals surface area contributed by atoms with Crippen LogP contribution in [0.2, 0.25) is 5.02 Å². The Morgan fingerprint density at radius 3 is 2.71 bits per heavy atom. The highest BCUT2D eigenvalue weighted by Crippen LogP contribution is 2.37. The molecule has 0 aliphatic carbocycles. The number of hydrogen-bond donors (Lipinski definition) is 0. The summed E-state index contributed by atoms with van der Waals surface area (Å²) in [7, 11) is 1.88. The molecule has 0 radical (unpaired) electrons. The van der Waals surface area contributed by atoms with Gasteiger partial charge in [0, 0.05) is 47.2 Å². The maximum atomic E-state index is 7.69. The number of fused-ring (bicyclic) bond motifs is 3. The van der Waals surface area contributed by atoms with E-state index in [0.717, 1.165) is 27.6 Å². The molecule has 0 spiro atoms. The molecule has 28 heavy (non-hydrogen) atoms. The summed E-state index contributed by atoms with van der Waals surface area (Å²) in [5, 5.41) is 5.66. The zero-order valence-corrected chi connectivity index (χ0v) is 15.6. The normalized spacial score (nSPS) is 11.2. The van der Waals surface area contributed by atoms with Crippen LogP contribution in [-0.2, 0) is 7.05 Å². The molecular weight excluding hydrogens is 372 g/mol. The molecule has 5 aromatic rings. The van der Waals surface area contributed by atoms with E-state index >= 15 is 0 Å². The number of aromatic nitrogens is 5. The van der Waals surface area contributed by atoms with Crippen molar-refractivity contribution in [3.8, 4) is 22.4 Å².